The second kappa shape index (κ2) is 8.29. The SMILES string of the molecule is O=[N+]([O-])c1ccc(N=Nc2c(O)[nH]c3ccccc23)c(S(=O)(=O)Nc2ccccc2Cl)c1. The highest BCUT2D eigenvalue weighted by molar-refractivity contribution is 7.92. The van der Waals surface area contributed by atoms with Gasteiger partial charge >= 0.3 is 0 Å². The second-order valence-corrected chi connectivity index (χ2v) is 8.62. The van der Waals surface area contributed by atoms with Gasteiger partial charge < -0.3 is 10.1 Å². The molecular weight excluding hydrogens is 458 g/mol. The van der Waals surface area contributed by atoms with Gasteiger partial charge in [0, 0.05) is 17.5 Å². The number of fused-ring (bicyclic) bond motifs is 1. The molecule has 3 N–H and O–H groups in total. The Morgan fingerprint density at radius 2 is 1.75 bits per heavy atom. The molecule has 0 fully saturated rings. The first kappa shape index (κ1) is 21.3. The largest absolute Gasteiger partial charge is 0.493 e. The number of hydrogen-bond acceptors (Lipinski definition) is 7. The summed E-state index contributed by atoms with van der Waals surface area (Å²) in [5.41, 5.74) is 0.188. The van der Waals surface area contributed by atoms with Crippen LogP contribution in [0.1, 0.15) is 0 Å². The molecule has 162 valence electrons. The Morgan fingerprint density at radius 1 is 1.03 bits per heavy atom. The van der Waals surface area contributed by atoms with Crippen LogP contribution in [-0.2, 0) is 10.0 Å². The summed E-state index contributed by atoms with van der Waals surface area (Å²) in [6, 6.07) is 16.2. The summed E-state index contributed by atoms with van der Waals surface area (Å²) in [6.07, 6.45) is 0. The number of anilines is 1. The maximum atomic E-state index is 13.0. The van der Waals surface area contributed by atoms with Crippen LogP contribution in [0.5, 0.6) is 5.88 Å². The fourth-order valence-corrected chi connectivity index (χ4v) is 4.45. The molecule has 0 aliphatic carbocycles. The first-order valence-electron chi connectivity index (χ1n) is 9.03. The van der Waals surface area contributed by atoms with Gasteiger partial charge in [-0.3, -0.25) is 14.8 Å². The smallest absolute Gasteiger partial charge is 0.270 e. The summed E-state index contributed by atoms with van der Waals surface area (Å²) in [6.45, 7) is 0. The number of aromatic amines is 1. The number of nitro benzene ring substituents is 1. The van der Waals surface area contributed by atoms with Crippen LogP contribution in [0.2, 0.25) is 5.02 Å². The molecule has 0 aliphatic rings. The molecule has 3 aromatic carbocycles. The fourth-order valence-electron chi connectivity index (χ4n) is 2.98. The number of aromatic hydroxyl groups is 1. The van der Waals surface area contributed by atoms with E-state index in [4.69, 9.17) is 11.6 Å². The molecule has 0 unspecified atom stereocenters. The number of halogens is 1. The third kappa shape index (κ3) is 4.11. The molecule has 12 heteroatoms. The van der Waals surface area contributed by atoms with Crippen molar-refractivity contribution in [2.75, 3.05) is 4.72 Å². The topological polar surface area (TPSA) is 150 Å². The molecular formula is C20H14ClN5O5S. The summed E-state index contributed by atoms with van der Waals surface area (Å²) < 4.78 is 28.4. The van der Waals surface area contributed by atoms with E-state index in [0.717, 1.165) is 18.2 Å². The standard InChI is InChI=1S/C20H14ClN5O5S/c21-14-6-2-4-8-16(14)25-32(30,31)18-11-12(26(28)29)9-10-17(18)23-24-19-13-5-1-3-7-15(13)22-20(19)27/h1-11,22,25,27H. The normalized spacial score (nSPS) is 11.8. The lowest BCUT2D eigenvalue weighted by Crippen LogP contribution is -2.13. The summed E-state index contributed by atoms with van der Waals surface area (Å²) in [5.74, 6) is -0.254. The summed E-state index contributed by atoms with van der Waals surface area (Å²) in [4.78, 5) is 12.8. The molecule has 32 heavy (non-hydrogen) atoms. The van der Waals surface area contributed by atoms with Crippen molar-refractivity contribution >= 4 is 55.3 Å². The number of non-ortho nitro benzene ring substituents is 1. The number of azo groups is 1. The van der Waals surface area contributed by atoms with Crippen molar-refractivity contribution in [3.63, 3.8) is 0 Å². The van der Waals surface area contributed by atoms with E-state index in [1.807, 2.05) is 0 Å². The highest BCUT2D eigenvalue weighted by Gasteiger charge is 2.24. The number of rotatable bonds is 6. The molecule has 4 aromatic rings. The van der Waals surface area contributed by atoms with E-state index in [-0.39, 0.29) is 28.0 Å². The van der Waals surface area contributed by atoms with Gasteiger partial charge in [0.15, 0.2) is 5.69 Å². The monoisotopic (exact) mass is 471 g/mol. The molecule has 0 amide bonds. The second-order valence-electron chi connectivity index (χ2n) is 6.56. The first-order valence-corrected chi connectivity index (χ1v) is 10.9. The van der Waals surface area contributed by atoms with E-state index in [1.54, 1.807) is 36.4 Å². The Bertz CT molecular complexity index is 1480. The summed E-state index contributed by atoms with van der Waals surface area (Å²) in [5, 5.41) is 30.0. The molecule has 0 saturated heterocycles. The third-order valence-electron chi connectivity index (χ3n) is 4.48. The van der Waals surface area contributed by atoms with Crippen molar-refractivity contribution in [1.82, 2.24) is 4.98 Å². The van der Waals surface area contributed by atoms with E-state index >= 15 is 0 Å². The number of sulfonamides is 1. The Hall–Kier alpha value is -3.96. The summed E-state index contributed by atoms with van der Waals surface area (Å²) >= 11 is 6.03. The maximum Gasteiger partial charge on any atom is 0.270 e. The van der Waals surface area contributed by atoms with Crippen LogP contribution in [0, 0.1) is 10.1 Å². The van der Waals surface area contributed by atoms with Gasteiger partial charge in [0.25, 0.3) is 15.7 Å². The maximum absolute atomic E-state index is 13.0. The Labute approximate surface area is 186 Å². The number of nitrogens with zero attached hydrogens (tertiary/aromatic N) is 3. The van der Waals surface area contributed by atoms with Gasteiger partial charge in [-0.2, -0.15) is 0 Å². The van der Waals surface area contributed by atoms with Crippen LogP contribution in [0.3, 0.4) is 0 Å². The Balaban J connectivity index is 1.81. The zero-order chi connectivity index (χ0) is 22.9. The van der Waals surface area contributed by atoms with E-state index < -0.39 is 25.5 Å². The van der Waals surface area contributed by atoms with E-state index in [9.17, 15) is 23.6 Å². The van der Waals surface area contributed by atoms with E-state index in [0.29, 0.717) is 10.9 Å². The van der Waals surface area contributed by atoms with E-state index in [2.05, 4.69) is 19.9 Å². The predicted octanol–water partition coefficient (Wildman–Crippen LogP) is 5.65. The molecule has 0 bridgehead atoms. The number of hydrogen-bond donors (Lipinski definition) is 3. The molecule has 0 aliphatic heterocycles. The minimum atomic E-state index is -4.33. The molecule has 10 nitrogen and oxygen atoms in total. The minimum Gasteiger partial charge on any atom is -0.493 e. The van der Waals surface area contributed by atoms with Crippen molar-refractivity contribution in [2.45, 2.75) is 4.90 Å². The van der Waals surface area contributed by atoms with Crippen LogP contribution in [0.25, 0.3) is 10.9 Å². The lowest BCUT2D eigenvalue weighted by molar-refractivity contribution is -0.385. The van der Waals surface area contributed by atoms with Crippen molar-refractivity contribution < 1.29 is 18.4 Å². The van der Waals surface area contributed by atoms with Gasteiger partial charge in [-0.25, -0.2) is 8.42 Å². The summed E-state index contributed by atoms with van der Waals surface area (Å²) in [7, 11) is -4.33. The lowest BCUT2D eigenvalue weighted by atomic mass is 10.2. The van der Waals surface area contributed by atoms with Gasteiger partial charge in [0.1, 0.15) is 10.6 Å². The van der Waals surface area contributed by atoms with E-state index in [1.165, 1.54) is 12.1 Å². The van der Waals surface area contributed by atoms with Gasteiger partial charge in [0.2, 0.25) is 5.88 Å². The third-order valence-corrected chi connectivity index (χ3v) is 6.20. The number of H-pyrrole nitrogens is 1. The molecule has 4 rings (SSSR count). The minimum absolute atomic E-state index is 0.0952. The molecule has 1 aromatic heterocycles. The number of nitrogens with one attached hydrogen (secondary N) is 2. The number of aromatic nitrogens is 1. The van der Waals surface area contributed by atoms with Crippen LogP contribution in [0.15, 0.2) is 81.9 Å². The predicted molar refractivity (Wildman–Crippen MR) is 119 cm³/mol. The van der Waals surface area contributed by atoms with Gasteiger partial charge in [-0.15, -0.1) is 10.2 Å². The van der Waals surface area contributed by atoms with Crippen LogP contribution >= 0.6 is 11.6 Å². The molecule has 0 atom stereocenters. The van der Waals surface area contributed by atoms with Gasteiger partial charge in [0.05, 0.1) is 21.2 Å². The number of benzene rings is 3. The molecule has 0 saturated carbocycles. The highest BCUT2D eigenvalue weighted by atomic mass is 35.5. The number of para-hydroxylation sites is 2. The van der Waals surface area contributed by atoms with Crippen LogP contribution < -0.4 is 4.72 Å². The first-order chi connectivity index (χ1) is 15.3. The molecule has 1 heterocycles. The fraction of sp³-hybridized carbons (Fsp3) is 0. The van der Waals surface area contributed by atoms with Crippen molar-refractivity contribution in [1.29, 1.82) is 0 Å². The van der Waals surface area contributed by atoms with Gasteiger partial charge in [-0.05, 0) is 24.3 Å². The highest BCUT2D eigenvalue weighted by Crippen LogP contribution is 2.38. The van der Waals surface area contributed by atoms with Crippen LogP contribution in [0.4, 0.5) is 22.7 Å². The van der Waals surface area contributed by atoms with Crippen molar-refractivity contribution in [3.8, 4) is 5.88 Å². The number of nitro groups is 1. The average Bonchev–Trinajstić information content (AvgIpc) is 3.08. The van der Waals surface area contributed by atoms with Crippen molar-refractivity contribution in [2.24, 2.45) is 10.2 Å². The lowest BCUT2D eigenvalue weighted by Gasteiger charge is -2.11. The van der Waals surface area contributed by atoms with Gasteiger partial charge in [-0.1, -0.05) is 41.9 Å². The zero-order valence-corrected chi connectivity index (χ0v) is 17.6. The van der Waals surface area contributed by atoms with Crippen molar-refractivity contribution in [3.05, 3.63) is 81.9 Å². The molecule has 0 radical (unpaired) electrons. The zero-order valence-electron chi connectivity index (χ0n) is 16.1. The Kier molecular flexibility index (Phi) is 5.51. The average molecular weight is 472 g/mol. The molecule has 0 spiro atoms. The van der Waals surface area contributed by atoms with Crippen LogP contribution in [-0.4, -0.2) is 23.4 Å². The quantitative estimate of drug-likeness (QED) is 0.188. The Morgan fingerprint density at radius 3 is 2.50 bits per heavy atom.